The van der Waals surface area contributed by atoms with E-state index in [1.807, 2.05) is 6.08 Å². The quantitative estimate of drug-likeness (QED) is 0.600. The molecule has 2 aliphatic rings. The minimum absolute atomic E-state index is 0.250. The number of allylic oxidation sites excluding steroid dienone is 4. The van der Waals surface area contributed by atoms with Crippen molar-refractivity contribution in [3.63, 3.8) is 0 Å². The molecule has 1 saturated carbocycles. The Labute approximate surface area is 79.5 Å². The molecule has 0 amide bonds. The lowest BCUT2D eigenvalue weighted by Crippen LogP contribution is -2.10. The number of rotatable bonds is 1. The van der Waals surface area contributed by atoms with Crippen LogP contribution < -0.4 is 0 Å². The van der Waals surface area contributed by atoms with E-state index < -0.39 is 0 Å². The fourth-order valence-electron chi connectivity index (χ4n) is 2.28. The van der Waals surface area contributed by atoms with Crippen LogP contribution in [0.25, 0.3) is 0 Å². The molecule has 13 heavy (non-hydrogen) atoms. The van der Waals surface area contributed by atoms with Crippen molar-refractivity contribution in [1.29, 1.82) is 0 Å². The highest BCUT2D eigenvalue weighted by atomic mass is 16.1. The fourth-order valence-corrected chi connectivity index (χ4v) is 2.28. The van der Waals surface area contributed by atoms with Crippen molar-refractivity contribution >= 4 is 5.78 Å². The van der Waals surface area contributed by atoms with E-state index in [9.17, 15) is 4.79 Å². The summed E-state index contributed by atoms with van der Waals surface area (Å²) in [6.45, 7) is 0. The first kappa shape index (κ1) is 8.74. The third kappa shape index (κ3) is 2.09. The molecule has 1 nitrogen and oxygen atoms in total. The minimum Gasteiger partial charge on any atom is -0.295 e. The standard InChI is InChI=1S/C12H16O/c13-12-8-6-11(7-9-12)10-4-2-1-3-5-10/h6-8,10H,1-5,9H2. The van der Waals surface area contributed by atoms with E-state index in [4.69, 9.17) is 0 Å². The van der Waals surface area contributed by atoms with Crippen LogP contribution in [0.5, 0.6) is 0 Å². The van der Waals surface area contributed by atoms with E-state index in [1.54, 1.807) is 6.08 Å². The van der Waals surface area contributed by atoms with Crippen LogP contribution in [0.4, 0.5) is 0 Å². The van der Waals surface area contributed by atoms with Crippen molar-refractivity contribution in [3.8, 4) is 0 Å². The normalized spacial score (nSPS) is 24.6. The van der Waals surface area contributed by atoms with Crippen molar-refractivity contribution in [2.45, 2.75) is 38.5 Å². The molecule has 0 unspecified atom stereocenters. The van der Waals surface area contributed by atoms with Crippen LogP contribution in [0.1, 0.15) is 38.5 Å². The monoisotopic (exact) mass is 176 g/mol. The van der Waals surface area contributed by atoms with Gasteiger partial charge in [0, 0.05) is 6.42 Å². The maximum absolute atomic E-state index is 11.0. The van der Waals surface area contributed by atoms with Gasteiger partial charge in [-0.2, -0.15) is 0 Å². The van der Waals surface area contributed by atoms with Gasteiger partial charge < -0.3 is 0 Å². The van der Waals surface area contributed by atoms with Gasteiger partial charge in [-0.25, -0.2) is 0 Å². The third-order valence-electron chi connectivity index (χ3n) is 3.08. The Balaban J connectivity index is 2.00. The van der Waals surface area contributed by atoms with Gasteiger partial charge in [0.1, 0.15) is 0 Å². The van der Waals surface area contributed by atoms with E-state index in [-0.39, 0.29) is 5.78 Å². The maximum atomic E-state index is 11.0. The molecule has 0 radical (unpaired) electrons. The van der Waals surface area contributed by atoms with Crippen LogP contribution in [0, 0.1) is 5.92 Å². The first-order chi connectivity index (χ1) is 6.36. The van der Waals surface area contributed by atoms with Crippen molar-refractivity contribution in [1.82, 2.24) is 0 Å². The Bertz CT molecular complexity index is 254. The summed E-state index contributed by atoms with van der Waals surface area (Å²) in [5.74, 6) is 0.998. The molecule has 2 rings (SSSR count). The van der Waals surface area contributed by atoms with Gasteiger partial charge in [0.2, 0.25) is 0 Å². The molecule has 1 heteroatoms. The SMILES string of the molecule is O=C1C=CC(C2CCCCC2)=CC1. The average molecular weight is 176 g/mol. The Morgan fingerprint density at radius 2 is 1.85 bits per heavy atom. The predicted molar refractivity (Wildman–Crippen MR) is 53.4 cm³/mol. The highest BCUT2D eigenvalue weighted by molar-refractivity contribution is 5.92. The first-order valence-electron chi connectivity index (χ1n) is 5.27. The van der Waals surface area contributed by atoms with Gasteiger partial charge in [0.25, 0.3) is 0 Å². The first-order valence-corrected chi connectivity index (χ1v) is 5.27. The molecule has 70 valence electrons. The smallest absolute Gasteiger partial charge is 0.159 e. The zero-order valence-electron chi connectivity index (χ0n) is 7.96. The van der Waals surface area contributed by atoms with E-state index in [1.165, 1.54) is 37.7 Å². The maximum Gasteiger partial charge on any atom is 0.159 e. The summed E-state index contributed by atoms with van der Waals surface area (Å²) in [4.78, 5) is 11.0. The molecular weight excluding hydrogens is 160 g/mol. The van der Waals surface area contributed by atoms with Crippen LogP contribution in [0.2, 0.25) is 0 Å². The van der Waals surface area contributed by atoms with Crippen LogP contribution in [0.15, 0.2) is 23.8 Å². The predicted octanol–water partition coefficient (Wildman–Crippen LogP) is 3.02. The van der Waals surface area contributed by atoms with Gasteiger partial charge in [0.05, 0.1) is 0 Å². The average Bonchev–Trinajstić information content (AvgIpc) is 2.20. The van der Waals surface area contributed by atoms with Gasteiger partial charge >= 0.3 is 0 Å². The van der Waals surface area contributed by atoms with Gasteiger partial charge in [-0.15, -0.1) is 0 Å². The summed E-state index contributed by atoms with van der Waals surface area (Å²) in [6.07, 6.45) is 13.3. The van der Waals surface area contributed by atoms with Gasteiger partial charge in [-0.05, 0) is 30.4 Å². The Kier molecular flexibility index (Phi) is 2.62. The molecule has 0 heterocycles. The molecule has 2 aliphatic carbocycles. The lowest BCUT2D eigenvalue weighted by molar-refractivity contribution is -0.113. The second kappa shape index (κ2) is 3.91. The molecule has 0 atom stereocenters. The molecule has 0 aromatic rings. The highest BCUT2D eigenvalue weighted by Gasteiger charge is 2.17. The number of hydrogen-bond acceptors (Lipinski definition) is 1. The second-order valence-corrected chi connectivity index (χ2v) is 4.04. The zero-order chi connectivity index (χ0) is 9.10. The van der Waals surface area contributed by atoms with Crippen molar-refractivity contribution < 1.29 is 4.79 Å². The van der Waals surface area contributed by atoms with Crippen LogP contribution in [0.3, 0.4) is 0 Å². The summed E-state index contributed by atoms with van der Waals surface area (Å²) in [5, 5.41) is 0. The molecule has 0 saturated heterocycles. The van der Waals surface area contributed by atoms with Crippen LogP contribution in [-0.2, 0) is 4.79 Å². The van der Waals surface area contributed by atoms with E-state index >= 15 is 0 Å². The Hall–Kier alpha value is -0.850. The number of ketones is 1. The van der Waals surface area contributed by atoms with E-state index in [2.05, 4.69) is 6.08 Å². The molecule has 0 aromatic carbocycles. The zero-order valence-corrected chi connectivity index (χ0v) is 7.96. The summed E-state index contributed by atoms with van der Waals surface area (Å²) >= 11 is 0. The summed E-state index contributed by atoms with van der Waals surface area (Å²) in [6, 6.07) is 0. The Morgan fingerprint density at radius 1 is 1.08 bits per heavy atom. The number of hydrogen-bond donors (Lipinski definition) is 0. The number of carbonyl (C=O) groups is 1. The molecule has 1 fully saturated rings. The summed E-state index contributed by atoms with van der Waals surface area (Å²) in [5.41, 5.74) is 1.42. The van der Waals surface area contributed by atoms with Gasteiger partial charge in [-0.1, -0.05) is 31.4 Å². The van der Waals surface area contributed by atoms with Gasteiger partial charge in [0.15, 0.2) is 5.78 Å². The van der Waals surface area contributed by atoms with E-state index in [0.29, 0.717) is 6.42 Å². The fraction of sp³-hybridized carbons (Fsp3) is 0.583. The molecule has 0 aromatic heterocycles. The Morgan fingerprint density at radius 3 is 2.46 bits per heavy atom. The number of carbonyl (C=O) groups excluding carboxylic acids is 1. The third-order valence-corrected chi connectivity index (χ3v) is 3.08. The largest absolute Gasteiger partial charge is 0.295 e. The molecule has 0 aliphatic heterocycles. The molecular formula is C12H16O. The molecule has 0 bridgehead atoms. The van der Waals surface area contributed by atoms with E-state index in [0.717, 1.165) is 5.92 Å². The van der Waals surface area contributed by atoms with Crippen molar-refractivity contribution in [2.24, 2.45) is 5.92 Å². The highest BCUT2D eigenvalue weighted by Crippen LogP contribution is 2.31. The van der Waals surface area contributed by atoms with Crippen LogP contribution in [-0.4, -0.2) is 5.78 Å². The summed E-state index contributed by atoms with van der Waals surface area (Å²) in [7, 11) is 0. The topological polar surface area (TPSA) is 17.1 Å². The van der Waals surface area contributed by atoms with Crippen molar-refractivity contribution in [3.05, 3.63) is 23.8 Å². The lowest BCUT2D eigenvalue weighted by Gasteiger charge is -2.23. The van der Waals surface area contributed by atoms with Gasteiger partial charge in [-0.3, -0.25) is 4.79 Å². The second-order valence-electron chi connectivity index (χ2n) is 4.04. The summed E-state index contributed by atoms with van der Waals surface area (Å²) < 4.78 is 0. The lowest BCUT2D eigenvalue weighted by atomic mass is 9.82. The minimum atomic E-state index is 0.250. The molecule has 0 N–H and O–H groups in total. The van der Waals surface area contributed by atoms with Crippen LogP contribution >= 0.6 is 0 Å². The van der Waals surface area contributed by atoms with Crippen molar-refractivity contribution in [2.75, 3.05) is 0 Å². The molecule has 0 spiro atoms.